The van der Waals surface area contributed by atoms with Crippen molar-refractivity contribution in [3.8, 4) is 0 Å². The number of hydrogen-bond acceptors (Lipinski definition) is 4. The molecule has 0 radical (unpaired) electrons. The molecule has 2 fully saturated rings. The summed E-state index contributed by atoms with van der Waals surface area (Å²) in [5.41, 5.74) is -0.645. The largest absolute Gasteiger partial charge is 0.465 e. The van der Waals surface area contributed by atoms with E-state index in [2.05, 4.69) is 4.74 Å². The lowest BCUT2D eigenvalue weighted by Crippen LogP contribution is -2.28. The molecule has 16 heavy (non-hydrogen) atoms. The van der Waals surface area contributed by atoms with Crippen LogP contribution in [-0.4, -0.2) is 46.8 Å². The quantitative estimate of drug-likeness (QED) is 0.567. The zero-order valence-corrected chi connectivity index (χ0v) is 9.69. The number of carbonyl (C=O) groups excluding carboxylic acids is 2. The van der Waals surface area contributed by atoms with Crippen LogP contribution in [0.3, 0.4) is 0 Å². The molecular weight excluding hydrogens is 233 g/mol. The third-order valence-corrected chi connectivity index (χ3v) is 5.17. The number of ether oxygens (including phenoxy) is 1. The summed E-state index contributed by atoms with van der Waals surface area (Å²) < 4.78 is 16.7. The molecule has 1 N–H and O–H groups in total. The van der Waals surface area contributed by atoms with Crippen molar-refractivity contribution in [1.82, 2.24) is 4.90 Å². The van der Waals surface area contributed by atoms with Gasteiger partial charge in [-0.25, -0.2) is 0 Å². The molecule has 2 heterocycles. The van der Waals surface area contributed by atoms with Crippen LogP contribution in [0.5, 0.6) is 0 Å². The predicted octanol–water partition coefficient (Wildman–Crippen LogP) is 0.152. The van der Waals surface area contributed by atoms with E-state index in [4.69, 9.17) is 0 Å². The van der Waals surface area contributed by atoms with Crippen LogP contribution in [0, 0.1) is 0 Å². The zero-order chi connectivity index (χ0) is 11.8. The number of amides is 1. The van der Waals surface area contributed by atoms with Gasteiger partial charge < -0.3 is 14.5 Å². The maximum atomic E-state index is 12.0. The van der Waals surface area contributed by atoms with Crippen LogP contribution >= 0.6 is 7.37 Å². The van der Waals surface area contributed by atoms with E-state index >= 15 is 0 Å². The summed E-state index contributed by atoms with van der Waals surface area (Å²) in [5.74, 6) is -0.522. The van der Waals surface area contributed by atoms with Gasteiger partial charge in [-0.2, -0.15) is 0 Å². The van der Waals surface area contributed by atoms with E-state index in [9.17, 15) is 19.0 Å². The molecule has 1 unspecified atom stereocenters. The molecule has 2 atom stereocenters. The predicted molar refractivity (Wildman–Crippen MR) is 55.0 cm³/mol. The Hall–Kier alpha value is -0.870. The second kappa shape index (κ2) is 4.18. The summed E-state index contributed by atoms with van der Waals surface area (Å²) in [4.78, 5) is 33.4. The number of cyclic esters (lactones) is 1. The van der Waals surface area contributed by atoms with Gasteiger partial charge in [0.15, 0.2) is 0 Å². The fraction of sp³-hybridized carbons (Fsp3) is 0.778. The molecule has 0 aromatic heterocycles. The maximum Gasteiger partial charge on any atom is 0.306 e. The molecule has 0 saturated carbocycles. The molecule has 7 heteroatoms. The molecule has 0 aromatic rings. The smallest absolute Gasteiger partial charge is 0.306 e. The third-order valence-electron chi connectivity index (χ3n) is 2.95. The van der Waals surface area contributed by atoms with Gasteiger partial charge in [-0.05, 0) is 6.42 Å². The normalized spacial score (nSPS) is 29.3. The highest BCUT2D eigenvalue weighted by Gasteiger charge is 2.41. The van der Waals surface area contributed by atoms with E-state index in [0.717, 1.165) is 6.42 Å². The highest BCUT2D eigenvalue weighted by molar-refractivity contribution is 7.58. The fourth-order valence-corrected chi connectivity index (χ4v) is 3.73. The van der Waals surface area contributed by atoms with Crippen molar-refractivity contribution >= 4 is 19.2 Å². The van der Waals surface area contributed by atoms with E-state index < -0.39 is 19.0 Å². The zero-order valence-electron chi connectivity index (χ0n) is 8.79. The van der Waals surface area contributed by atoms with Crippen molar-refractivity contribution in [2.75, 3.05) is 19.4 Å². The van der Waals surface area contributed by atoms with Crippen LogP contribution in [0.4, 0.5) is 0 Å². The first kappa shape index (κ1) is 11.6. The topological polar surface area (TPSA) is 83.9 Å². The molecular formula is C9H14NO5P. The molecule has 2 saturated heterocycles. The minimum Gasteiger partial charge on any atom is -0.465 e. The van der Waals surface area contributed by atoms with E-state index in [1.54, 1.807) is 0 Å². The lowest BCUT2D eigenvalue weighted by Gasteiger charge is -2.22. The lowest BCUT2D eigenvalue weighted by atomic mass is 10.4. The third kappa shape index (κ3) is 2.28. The van der Waals surface area contributed by atoms with Crippen LogP contribution in [0.2, 0.25) is 0 Å². The van der Waals surface area contributed by atoms with E-state index in [0.29, 0.717) is 13.0 Å². The first-order chi connectivity index (χ1) is 7.49. The Bertz CT molecular complexity index is 369. The van der Waals surface area contributed by atoms with Gasteiger partial charge in [0.05, 0.1) is 18.4 Å². The van der Waals surface area contributed by atoms with Crippen molar-refractivity contribution in [3.05, 3.63) is 0 Å². The van der Waals surface area contributed by atoms with Crippen molar-refractivity contribution in [1.29, 1.82) is 0 Å². The summed E-state index contributed by atoms with van der Waals surface area (Å²) in [6, 6.07) is 0. The Morgan fingerprint density at radius 1 is 1.50 bits per heavy atom. The summed E-state index contributed by atoms with van der Waals surface area (Å²) in [6.45, 7) is 0.527. The van der Waals surface area contributed by atoms with Gasteiger partial charge in [0, 0.05) is 13.0 Å². The Labute approximate surface area is 93.0 Å². The Morgan fingerprint density at radius 2 is 2.25 bits per heavy atom. The van der Waals surface area contributed by atoms with Crippen LogP contribution in [0.15, 0.2) is 0 Å². The molecule has 2 rings (SSSR count). The monoisotopic (exact) mass is 247 g/mol. The second-order valence-electron chi connectivity index (χ2n) is 4.20. The van der Waals surface area contributed by atoms with Crippen LogP contribution in [0.25, 0.3) is 0 Å². The number of rotatable bonds is 3. The molecule has 0 spiro atoms. The van der Waals surface area contributed by atoms with Crippen LogP contribution in [0.1, 0.15) is 19.3 Å². The Balaban J connectivity index is 1.99. The number of nitrogens with zero attached hydrogens (tertiary/aromatic N) is 1. The van der Waals surface area contributed by atoms with Crippen LogP contribution < -0.4 is 0 Å². The van der Waals surface area contributed by atoms with Gasteiger partial charge in [-0.1, -0.05) is 0 Å². The number of esters is 1. The van der Waals surface area contributed by atoms with E-state index in [1.807, 2.05) is 0 Å². The molecule has 2 aliphatic heterocycles. The molecule has 2 aliphatic rings. The van der Waals surface area contributed by atoms with Crippen molar-refractivity contribution in [3.63, 3.8) is 0 Å². The molecule has 1 amide bonds. The average molecular weight is 247 g/mol. The summed E-state index contributed by atoms with van der Waals surface area (Å²) in [6.07, 6.45) is 1.02. The highest BCUT2D eigenvalue weighted by atomic mass is 31.2. The molecule has 90 valence electrons. The molecule has 0 bridgehead atoms. The lowest BCUT2D eigenvalue weighted by molar-refractivity contribution is -0.138. The highest BCUT2D eigenvalue weighted by Crippen LogP contribution is 2.50. The van der Waals surface area contributed by atoms with Gasteiger partial charge in [0.25, 0.3) is 0 Å². The first-order valence-electron chi connectivity index (χ1n) is 5.24. The molecule has 0 aliphatic carbocycles. The summed E-state index contributed by atoms with van der Waals surface area (Å²) in [5, 5.41) is 0. The maximum absolute atomic E-state index is 12.0. The SMILES string of the molecule is O=C1C[C@H](P(=O)(O)CN2CCCC2=O)CO1. The summed E-state index contributed by atoms with van der Waals surface area (Å²) >= 11 is 0. The number of carbonyl (C=O) groups is 2. The minimum absolute atomic E-state index is 0.00532. The van der Waals surface area contributed by atoms with Gasteiger partial charge in [-0.3, -0.25) is 14.2 Å². The standard InChI is InChI=1S/C9H14NO5P/c11-8-2-1-3-10(8)6-16(13,14)7-4-9(12)15-5-7/h7H,1-6H2,(H,13,14)/t7-/m0/s1. The van der Waals surface area contributed by atoms with Gasteiger partial charge >= 0.3 is 5.97 Å². The van der Waals surface area contributed by atoms with Gasteiger partial charge in [0.2, 0.25) is 13.3 Å². The van der Waals surface area contributed by atoms with Crippen molar-refractivity contribution in [2.24, 2.45) is 0 Å². The van der Waals surface area contributed by atoms with E-state index in [1.165, 1.54) is 4.90 Å². The molecule has 6 nitrogen and oxygen atoms in total. The minimum atomic E-state index is -3.50. The number of likely N-dealkylation sites (tertiary alicyclic amines) is 1. The van der Waals surface area contributed by atoms with Crippen molar-refractivity contribution < 1.29 is 23.8 Å². The van der Waals surface area contributed by atoms with E-state index in [-0.39, 0.29) is 25.2 Å². The van der Waals surface area contributed by atoms with Crippen LogP contribution in [-0.2, 0) is 18.9 Å². The van der Waals surface area contributed by atoms with Gasteiger partial charge in [-0.15, -0.1) is 0 Å². The Kier molecular flexibility index (Phi) is 3.04. The van der Waals surface area contributed by atoms with Crippen molar-refractivity contribution in [2.45, 2.75) is 24.9 Å². The Morgan fingerprint density at radius 3 is 2.75 bits per heavy atom. The first-order valence-corrected chi connectivity index (χ1v) is 7.15. The average Bonchev–Trinajstić information content (AvgIpc) is 2.77. The second-order valence-corrected chi connectivity index (χ2v) is 6.72. The number of hydrogen-bond donors (Lipinski definition) is 1. The summed E-state index contributed by atoms with van der Waals surface area (Å²) in [7, 11) is -3.50. The molecule has 0 aromatic carbocycles. The van der Waals surface area contributed by atoms with Gasteiger partial charge in [0.1, 0.15) is 6.61 Å². The fourth-order valence-electron chi connectivity index (χ4n) is 1.97.